The molecule has 0 bridgehead atoms. The van der Waals surface area contributed by atoms with E-state index in [0.717, 1.165) is 0 Å². The van der Waals surface area contributed by atoms with Crippen LogP contribution in [0, 0.1) is 0 Å². The van der Waals surface area contributed by atoms with Crippen LogP contribution in [-0.4, -0.2) is 22.2 Å². The van der Waals surface area contributed by atoms with Crippen LogP contribution < -0.4 is 9.47 Å². The van der Waals surface area contributed by atoms with Crippen LogP contribution in [0.1, 0.15) is 6.92 Å². The number of benzene rings is 1. The molecule has 0 radical (unpaired) electrons. The molecule has 1 heterocycles. The van der Waals surface area contributed by atoms with Crippen LogP contribution in [0.25, 0.3) is 0 Å². The molecule has 104 valence electrons. The SMILES string of the molecule is C[C@@H](Oc1ccc(Oc2ccc(Cl)cn2)cc1)C(=O)O. The number of pyridine rings is 1. The van der Waals surface area contributed by atoms with Gasteiger partial charge < -0.3 is 14.6 Å². The van der Waals surface area contributed by atoms with Gasteiger partial charge in [-0.3, -0.25) is 0 Å². The van der Waals surface area contributed by atoms with Gasteiger partial charge in [-0.2, -0.15) is 0 Å². The van der Waals surface area contributed by atoms with Gasteiger partial charge in [-0.05, 0) is 37.3 Å². The van der Waals surface area contributed by atoms with Gasteiger partial charge in [0, 0.05) is 12.3 Å². The van der Waals surface area contributed by atoms with Gasteiger partial charge in [-0.15, -0.1) is 0 Å². The average Bonchev–Trinajstić information content (AvgIpc) is 2.43. The Morgan fingerprint density at radius 1 is 1.20 bits per heavy atom. The second-order valence-corrected chi connectivity index (χ2v) is 4.42. The van der Waals surface area contributed by atoms with Crippen LogP contribution in [-0.2, 0) is 4.79 Å². The summed E-state index contributed by atoms with van der Waals surface area (Å²) in [6.45, 7) is 1.46. The van der Waals surface area contributed by atoms with Crippen molar-refractivity contribution in [3.8, 4) is 17.4 Å². The number of nitrogens with zero attached hydrogens (tertiary/aromatic N) is 1. The lowest BCUT2D eigenvalue weighted by Gasteiger charge is -2.10. The highest BCUT2D eigenvalue weighted by molar-refractivity contribution is 6.30. The van der Waals surface area contributed by atoms with Crippen LogP contribution in [0.15, 0.2) is 42.6 Å². The fraction of sp³-hybridized carbons (Fsp3) is 0.143. The molecule has 0 amide bonds. The Labute approximate surface area is 120 Å². The molecule has 20 heavy (non-hydrogen) atoms. The summed E-state index contributed by atoms with van der Waals surface area (Å²) in [5, 5.41) is 9.28. The van der Waals surface area contributed by atoms with Crippen LogP contribution in [0.4, 0.5) is 0 Å². The van der Waals surface area contributed by atoms with Crippen molar-refractivity contribution in [1.29, 1.82) is 0 Å². The van der Waals surface area contributed by atoms with E-state index in [1.54, 1.807) is 36.4 Å². The fourth-order valence-corrected chi connectivity index (χ4v) is 1.50. The first kappa shape index (κ1) is 14.1. The van der Waals surface area contributed by atoms with Crippen molar-refractivity contribution in [1.82, 2.24) is 4.98 Å². The van der Waals surface area contributed by atoms with Gasteiger partial charge in [-0.25, -0.2) is 9.78 Å². The minimum absolute atomic E-state index is 0.418. The third-order valence-corrected chi connectivity index (χ3v) is 2.63. The first-order valence-corrected chi connectivity index (χ1v) is 6.21. The lowest BCUT2D eigenvalue weighted by molar-refractivity contribution is -0.144. The number of hydrogen-bond acceptors (Lipinski definition) is 4. The van der Waals surface area contributed by atoms with Gasteiger partial charge in [0.25, 0.3) is 0 Å². The van der Waals surface area contributed by atoms with Gasteiger partial charge >= 0.3 is 5.97 Å². The molecule has 1 N–H and O–H groups in total. The number of carboxylic acid groups (broad SMARTS) is 1. The van der Waals surface area contributed by atoms with E-state index in [1.165, 1.54) is 13.1 Å². The second-order valence-electron chi connectivity index (χ2n) is 3.99. The Kier molecular flexibility index (Phi) is 4.42. The van der Waals surface area contributed by atoms with E-state index in [4.69, 9.17) is 26.2 Å². The summed E-state index contributed by atoms with van der Waals surface area (Å²) in [6.07, 6.45) is 0.586. The average molecular weight is 294 g/mol. The molecule has 0 aliphatic rings. The molecule has 5 nitrogen and oxygen atoms in total. The zero-order valence-corrected chi connectivity index (χ0v) is 11.4. The molecular weight excluding hydrogens is 282 g/mol. The summed E-state index contributed by atoms with van der Waals surface area (Å²) in [6, 6.07) is 9.92. The third kappa shape index (κ3) is 3.86. The molecule has 0 saturated heterocycles. The Morgan fingerprint density at radius 3 is 2.40 bits per heavy atom. The second kappa shape index (κ2) is 6.25. The number of carboxylic acids is 1. The van der Waals surface area contributed by atoms with Crippen molar-refractivity contribution in [2.24, 2.45) is 0 Å². The number of aliphatic carboxylic acids is 1. The maximum absolute atomic E-state index is 10.7. The van der Waals surface area contributed by atoms with E-state index in [0.29, 0.717) is 22.4 Å². The number of aromatic nitrogens is 1. The molecule has 0 spiro atoms. The smallest absolute Gasteiger partial charge is 0.344 e. The lowest BCUT2D eigenvalue weighted by atomic mass is 10.3. The van der Waals surface area contributed by atoms with Crippen molar-refractivity contribution in [3.63, 3.8) is 0 Å². The molecule has 0 saturated carbocycles. The zero-order valence-electron chi connectivity index (χ0n) is 10.6. The topological polar surface area (TPSA) is 68.7 Å². The van der Waals surface area contributed by atoms with Crippen molar-refractivity contribution in [3.05, 3.63) is 47.6 Å². The summed E-state index contributed by atoms with van der Waals surface area (Å²) < 4.78 is 10.7. The minimum atomic E-state index is -1.02. The van der Waals surface area contributed by atoms with E-state index < -0.39 is 12.1 Å². The Hall–Kier alpha value is -2.27. The summed E-state index contributed by atoms with van der Waals surface area (Å²) in [5.74, 6) is 0.420. The molecule has 0 unspecified atom stereocenters. The molecule has 6 heteroatoms. The predicted octanol–water partition coefficient (Wildman–Crippen LogP) is 3.38. The quantitative estimate of drug-likeness (QED) is 0.915. The number of hydrogen-bond donors (Lipinski definition) is 1. The maximum Gasteiger partial charge on any atom is 0.344 e. The van der Waals surface area contributed by atoms with Crippen molar-refractivity contribution in [2.45, 2.75) is 13.0 Å². The molecule has 0 fully saturated rings. The number of rotatable bonds is 5. The molecule has 2 aromatic rings. The maximum atomic E-state index is 10.7. The zero-order chi connectivity index (χ0) is 14.5. The Morgan fingerprint density at radius 2 is 1.85 bits per heavy atom. The molecule has 2 rings (SSSR count). The molecule has 1 aromatic carbocycles. The minimum Gasteiger partial charge on any atom is -0.479 e. The molecule has 1 aromatic heterocycles. The summed E-state index contributed by atoms with van der Waals surface area (Å²) >= 11 is 5.73. The van der Waals surface area contributed by atoms with Crippen molar-refractivity contribution >= 4 is 17.6 Å². The van der Waals surface area contributed by atoms with Crippen LogP contribution in [0.3, 0.4) is 0 Å². The lowest BCUT2D eigenvalue weighted by Crippen LogP contribution is -2.22. The normalized spacial score (nSPS) is 11.7. The third-order valence-electron chi connectivity index (χ3n) is 2.41. The number of ether oxygens (including phenoxy) is 2. The molecule has 0 aliphatic carbocycles. The standard InChI is InChI=1S/C14H12ClNO4/c1-9(14(17)18)19-11-3-5-12(6-4-11)20-13-7-2-10(15)8-16-13/h2-9H,1H3,(H,17,18)/t9-/m1/s1. The van der Waals surface area contributed by atoms with Gasteiger partial charge in [0.2, 0.25) is 5.88 Å². The van der Waals surface area contributed by atoms with Gasteiger partial charge in [0.1, 0.15) is 11.5 Å². The highest BCUT2D eigenvalue weighted by Crippen LogP contribution is 2.23. The van der Waals surface area contributed by atoms with Gasteiger partial charge in [-0.1, -0.05) is 11.6 Å². The van der Waals surface area contributed by atoms with E-state index in [-0.39, 0.29) is 0 Å². The molecular formula is C14H12ClNO4. The van der Waals surface area contributed by atoms with Gasteiger partial charge in [0.15, 0.2) is 6.10 Å². The first-order valence-electron chi connectivity index (χ1n) is 5.83. The largest absolute Gasteiger partial charge is 0.479 e. The number of carbonyl (C=O) groups is 1. The fourth-order valence-electron chi connectivity index (χ4n) is 1.38. The number of halogens is 1. The van der Waals surface area contributed by atoms with Crippen LogP contribution in [0.2, 0.25) is 5.02 Å². The summed E-state index contributed by atoms with van der Waals surface area (Å²) in [7, 11) is 0. The molecule has 0 aliphatic heterocycles. The first-order chi connectivity index (χ1) is 9.54. The van der Waals surface area contributed by atoms with E-state index >= 15 is 0 Å². The Balaban J connectivity index is 2.01. The van der Waals surface area contributed by atoms with Gasteiger partial charge in [0.05, 0.1) is 5.02 Å². The van der Waals surface area contributed by atoms with Crippen LogP contribution in [0.5, 0.6) is 17.4 Å². The van der Waals surface area contributed by atoms with E-state index in [2.05, 4.69) is 4.98 Å². The molecule has 1 atom stereocenters. The highest BCUT2D eigenvalue weighted by Gasteiger charge is 2.12. The summed E-state index contributed by atoms with van der Waals surface area (Å²) in [4.78, 5) is 14.7. The van der Waals surface area contributed by atoms with E-state index in [1.807, 2.05) is 0 Å². The van der Waals surface area contributed by atoms with Crippen molar-refractivity contribution < 1.29 is 19.4 Å². The monoisotopic (exact) mass is 293 g/mol. The van der Waals surface area contributed by atoms with Crippen LogP contribution >= 0.6 is 11.6 Å². The van der Waals surface area contributed by atoms with Crippen molar-refractivity contribution in [2.75, 3.05) is 0 Å². The van der Waals surface area contributed by atoms with E-state index in [9.17, 15) is 4.79 Å². The highest BCUT2D eigenvalue weighted by atomic mass is 35.5. The predicted molar refractivity (Wildman–Crippen MR) is 73.5 cm³/mol. The Bertz CT molecular complexity index is 583. The summed E-state index contributed by atoms with van der Waals surface area (Å²) in [5.41, 5.74) is 0.